The number of pyridine rings is 1. The number of hydrogen-bond donors (Lipinski definition) is 3. The van der Waals surface area contributed by atoms with Crippen molar-refractivity contribution in [3.05, 3.63) is 65.7 Å². The number of piperidine rings is 1. The highest BCUT2D eigenvalue weighted by Gasteiger charge is 2.39. The topological polar surface area (TPSA) is 140 Å². The van der Waals surface area contributed by atoms with Crippen molar-refractivity contribution >= 4 is 17.9 Å². The molecule has 0 aliphatic carbocycles. The van der Waals surface area contributed by atoms with Crippen LogP contribution in [0.15, 0.2) is 48.8 Å². The van der Waals surface area contributed by atoms with Crippen molar-refractivity contribution in [2.24, 2.45) is 5.92 Å². The van der Waals surface area contributed by atoms with Crippen molar-refractivity contribution in [1.29, 1.82) is 0 Å². The first-order chi connectivity index (χ1) is 21.6. The Morgan fingerprint density at radius 3 is 1.53 bits per heavy atom. The molecule has 2 atom stereocenters. The fraction of sp³-hybridized carbons (Fsp3) is 0.481. The summed E-state index contributed by atoms with van der Waals surface area (Å²) in [4.78, 5) is 35.7. The monoisotopic (exact) mass is 697 g/mol. The second-order valence-corrected chi connectivity index (χ2v) is 9.82. The molecule has 1 aromatic heterocycles. The molecule has 0 spiro atoms. The van der Waals surface area contributed by atoms with Gasteiger partial charge in [0.2, 0.25) is 0 Å². The van der Waals surface area contributed by atoms with Crippen molar-refractivity contribution < 1.29 is 78.3 Å². The van der Waals surface area contributed by atoms with Crippen molar-refractivity contribution in [3.63, 3.8) is 0 Å². The third-order valence-electron chi connectivity index (χ3n) is 6.21. The van der Waals surface area contributed by atoms with Gasteiger partial charge in [0.15, 0.2) is 0 Å². The van der Waals surface area contributed by atoms with E-state index < -0.39 is 36.4 Å². The zero-order valence-corrected chi connectivity index (χ0v) is 24.0. The average Bonchev–Trinajstić information content (AvgIpc) is 3.15. The first-order valence-electron chi connectivity index (χ1n) is 13.2. The van der Waals surface area contributed by atoms with Gasteiger partial charge in [-0.3, -0.25) is 14.8 Å². The SMILES string of the molecule is Fc1ccc(CN2CC[C@@H]3CN(Cc4ccncc4)CCO[C@@H]3C2)cc1.O=C(O)C(F)(F)F.O=C(O)C(F)(F)F.O=C(O)C(F)(F)F. The molecule has 2 fully saturated rings. The number of halogens is 10. The van der Waals surface area contributed by atoms with E-state index in [0.717, 1.165) is 57.9 Å². The van der Waals surface area contributed by atoms with Crippen molar-refractivity contribution in [2.45, 2.75) is 44.1 Å². The summed E-state index contributed by atoms with van der Waals surface area (Å²) >= 11 is 0. The lowest BCUT2D eigenvalue weighted by Gasteiger charge is -2.38. The van der Waals surface area contributed by atoms with E-state index >= 15 is 0 Å². The van der Waals surface area contributed by atoms with E-state index in [1.54, 1.807) is 12.1 Å². The van der Waals surface area contributed by atoms with Crippen LogP contribution >= 0.6 is 0 Å². The minimum atomic E-state index is -5.08. The molecule has 0 saturated carbocycles. The smallest absolute Gasteiger partial charge is 0.475 e. The number of rotatable bonds is 4. The summed E-state index contributed by atoms with van der Waals surface area (Å²) in [5.74, 6) is -7.86. The van der Waals surface area contributed by atoms with Gasteiger partial charge in [-0.1, -0.05) is 12.1 Å². The predicted octanol–water partition coefficient (Wildman–Crippen LogP) is 4.84. The fourth-order valence-electron chi connectivity index (χ4n) is 4.06. The van der Waals surface area contributed by atoms with E-state index in [-0.39, 0.29) is 5.82 Å². The van der Waals surface area contributed by atoms with Crippen LogP contribution in [0.25, 0.3) is 0 Å². The maximum atomic E-state index is 13.1. The van der Waals surface area contributed by atoms with Gasteiger partial charge in [-0.2, -0.15) is 39.5 Å². The Kier molecular flexibility index (Phi) is 16.0. The first-order valence-corrected chi connectivity index (χ1v) is 13.2. The quantitative estimate of drug-likeness (QED) is 0.380. The van der Waals surface area contributed by atoms with Crippen LogP contribution in [0, 0.1) is 11.7 Å². The van der Waals surface area contributed by atoms with Gasteiger partial charge < -0.3 is 20.1 Å². The molecule has 0 bridgehead atoms. The molecular weight excluding hydrogens is 668 g/mol. The molecule has 2 aromatic rings. The molecule has 1 aromatic carbocycles. The molecule has 2 aliphatic rings. The Labute approximate surface area is 260 Å². The molecule has 264 valence electrons. The van der Waals surface area contributed by atoms with Crippen LogP contribution in [0.5, 0.6) is 0 Å². The van der Waals surface area contributed by atoms with Crippen LogP contribution in [0.2, 0.25) is 0 Å². The lowest BCUT2D eigenvalue weighted by Crippen LogP contribution is -2.46. The highest BCUT2D eigenvalue weighted by Crippen LogP contribution is 2.26. The Balaban J connectivity index is 0.000000430. The minimum absolute atomic E-state index is 0.172. The van der Waals surface area contributed by atoms with Gasteiger partial charge in [0.05, 0.1) is 12.7 Å². The molecule has 2 aliphatic heterocycles. The number of hydrogen-bond acceptors (Lipinski definition) is 7. The van der Waals surface area contributed by atoms with Crippen LogP contribution in [-0.4, -0.2) is 105 Å². The molecule has 0 unspecified atom stereocenters. The number of benzene rings is 1. The number of alkyl halides is 9. The molecule has 10 nitrogen and oxygen atoms in total. The number of likely N-dealkylation sites (tertiary alicyclic amines) is 1. The molecule has 20 heteroatoms. The van der Waals surface area contributed by atoms with Crippen molar-refractivity contribution in [3.8, 4) is 0 Å². The summed E-state index contributed by atoms with van der Waals surface area (Å²) < 4.78 is 114. The standard InChI is InChI=1S/C21H26FN3O.3C2HF3O2/c22-20-3-1-17(2-4-20)13-24-10-7-19-15-25(11-12-26-21(19)16-24)14-18-5-8-23-9-6-18;3*3-2(4,5)1(6)7/h1-6,8-9,19,21H,7,10-16H2;3*(H,6,7)/t19-,21-;;;/m1.../s1. The molecule has 0 radical (unpaired) electrons. The maximum absolute atomic E-state index is 13.1. The van der Waals surface area contributed by atoms with Gasteiger partial charge in [0.25, 0.3) is 0 Å². The fourth-order valence-corrected chi connectivity index (χ4v) is 4.06. The average molecular weight is 698 g/mol. The summed E-state index contributed by atoms with van der Waals surface area (Å²) in [5.41, 5.74) is 2.48. The van der Waals surface area contributed by atoms with Crippen LogP contribution in [0.4, 0.5) is 43.9 Å². The number of carboxylic acids is 3. The highest BCUT2D eigenvalue weighted by molar-refractivity contribution is 5.73. The second-order valence-electron chi connectivity index (χ2n) is 9.82. The number of carbonyl (C=O) groups is 3. The molecule has 3 heterocycles. The van der Waals surface area contributed by atoms with E-state index in [0.29, 0.717) is 12.0 Å². The maximum Gasteiger partial charge on any atom is 0.490 e. The number of nitrogens with zero attached hydrogens (tertiary/aromatic N) is 3. The molecular formula is C27H29F10N3O7. The van der Waals surface area contributed by atoms with Gasteiger partial charge in [0.1, 0.15) is 5.82 Å². The molecule has 3 N–H and O–H groups in total. The summed E-state index contributed by atoms with van der Waals surface area (Å²) in [6.07, 6.45) is -10.1. The number of aliphatic carboxylic acids is 3. The highest BCUT2D eigenvalue weighted by atomic mass is 19.4. The minimum Gasteiger partial charge on any atom is -0.475 e. The van der Waals surface area contributed by atoms with Crippen molar-refractivity contribution in [1.82, 2.24) is 14.8 Å². The Bertz CT molecular complexity index is 1200. The molecule has 47 heavy (non-hydrogen) atoms. The lowest BCUT2D eigenvalue weighted by molar-refractivity contribution is -0.193. The summed E-state index contributed by atoms with van der Waals surface area (Å²) in [5, 5.41) is 21.4. The predicted molar refractivity (Wildman–Crippen MR) is 140 cm³/mol. The van der Waals surface area contributed by atoms with Gasteiger partial charge in [-0.25, -0.2) is 18.8 Å². The largest absolute Gasteiger partial charge is 0.490 e. The van der Waals surface area contributed by atoms with Gasteiger partial charge in [-0.15, -0.1) is 0 Å². The zero-order chi connectivity index (χ0) is 36.0. The number of carboxylic acid groups (broad SMARTS) is 3. The van der Waals surface area contributed by atoms with Gasteiger partial charge in [-0.05, 0) is 48.4 Å². The lowest BCUT2D eigenvalue weighted by atomic mass is 9.93. The molecule has 0 amide bonds. The van der Waals surface area contributed by atoms with Crippen LogP contribution in [0.1, 0.15) is 17.5 Å². The van der Waals surface area contributed by atoms with E-state index in [9.17, 15) is 43.9 Å². The summed E-state index contributed by atoms with van der Waals surface area (Å²) in [7, 11) is 0. The van der Waals surface area contributed by atoms with Crippen LogP contribution in [0.3, 0.4) is 0 Å². The van der Waals surface area contributed by atoms with E-state index in [4.69, 9.17) is 34.4 Å². The summed E-state index contributed by atoms with van der Waals surface area (Å²) in [6, 6.07) is 11.0. The number of aromatic nitrogens is 1. The first kappa shape index (κ1) is 41.0. The molecule has 2 saturated heterocycles. The second kappa shape index (κ2) is 18.3. The van der Waals surface area contributed by atoms with E-state index in [2.05, 4.69) is 26.9 Å². The zero-order valence-electron chi connectivity index (χ0n) is 24.0. The number of fused-ring (bicyclic) bond motifs is 1. The third kappa shape index (κ3) is 16.9. The van der Waals surface area contributed by atoms with E-state index in [1.807, 2.05) is 24.5 Å². The molecule has 4 rings (SSSR count). The number of ether oxygens (including phenoxy) is 1. The van der Waals surface area contributed by atoms with E-state index in [1.165, 1.54) is 5.56 Å². The van der Waals surface area contributed by atoms with Crippen LogP contribution < -0.4 is 0 Å². The Morgan fingerprint density at radius 1 is 0.702 bits per heavy atom. The van der Waals surface area contributed by atoms with Crippen LogP contribution in [-0.2, 0) is 32.2 Å². The van der Waals surface area contributed by atoms with Crippen molar-refractivity contribution in [2.75, 3.05) is 32.8 Å². The normalized spacial score (nSPS) is 18.8. The summed E-state index contributed by atoms with van der Waals surface area (Å²) in [6.45, 7) is 6.74. The van der Waals surface area contributed by atoms with Gasteiger partial charge >= 0.3 is 36.4 Å². The Hall–Kier alpha value is -4.04. The Morgan fingerprint density at radius 2 is 1.11 bits per heavy atom. The van der Waals surface area contributed by atoms with Gasteiger partial charge in [0, 0.05) is 51.0 Å². The third-order valence-corrected chi connectivity index (χ3v) is 6.21.